The van der Waals surface area contributed by atoms with E-state index in [9.17, 15) is 9.59 Å². The molecule has 0 radical (unpaired) electrons. The first-order valence-corrected chi connectivity index (χ1v) is 9.58. The van der Waals surface area contributed by atoms with Crippen molar-refractivity contribution in [3.63, 3.8) is 0 Å². The summed E-state index contributed by atoms with van der Waals surface area (Å²) in [5.41, 5.74) is 4.73. The molecule has 0 unspecified atom stereocenters. The smallest absolute Gasteiger partial charge is 0.253 e. The highest BCUT2D eigenvalue weighted by atomic mass is 16.5. The van der Waals surface area contributed by atoms with Crippen LogP contribution in [0.15, 0.2) is 42.5 Å². The molecule has 1 fully saturated rings. The van der Waals surface area contributed by atoms with Crippen LogP contribution in [0.1, 0.15) is 35.7 Å². The second-order valence-corrected chi connectivity index (χ2v) is 7.12. The van der Waals surface area contributed by atoms with Crippen molar-refractivity contribution in [3.8, 4) is 11.1 Å². The summed E-state index contributed by atoms with van der Waals surface area (Å²) in [5, 5.41) is 2.85. The van der Waals surface area contributed by atoms with Crippen LogP contribution in [0.4, 0.5) is 5.69 Å². The number of hydrogen-bond acceptors (Lipinski definition) is 3. The van der Waals surface area contributed by atoms with Crippen molar-refractivity contribution >= 4 is 17.5 Å². The van der Waals surface area contributed by atoms with Gasteiger partial charge in [-0.3, -0.25) is 9.59 Å². The molecule has 140 valence electrons. The first kappa shape index (κ1) is 17.7. The molecule has 2 amide bonds. The van der Waals surface area contributed by atoms with Gasteiger partial charge in [-0.15, -0.1) is 0 Å². The van der Waals surface area contributed by atoms with Crippen LogP contribution >= 0.6 is 0 Å². The van der Waals surface area contributed by atoms with E-state index >= 15 is 0 Å². The van der Waals surface area contributed by atoms with E-state index in [4.69, 9.17) is 4.74 Å². The van der Waals surface area contributed by atoms with Crippen LogP contribution in [0.3, 0.4) is 0 Å². The van der Waals surface area contributed by atoms with Gasteiger partial charge in [-0.25, -0.2) is 0 Å². The molecule has 2 aromatic rings. The van der Waals surface area contributed by atoms with Gasteiger partial charge in [0.25, 0.3) is 5.91 Å². The molecule has 1 N–H and O–H groups in total. The summed E-state index contributed by atoms with van der Waals surface area (Å²) in [7, 11) is 0. The second kappa shape index (κ2) is 7.53. The highest BCUT2D eigenvalue weighted by Crippen LogP contribution is 2.29. The minimum absolute atomic E-state index is 0.0381. The third kappa shape index (κ3) is 3.74. The minimum atomic E-state index is 0.0381. The zero-order valence-electron chi connectivity index (χ0n) is 15.5. The Morgan fingerprint density at radius 1 is 1.11 bits per heavy atom. The average Bonchev–Trinajstić information content (AvgIpc) is 3.07. The number of rotatable bonds is 4. The van der Waals surface area contributed by atoms with E-state index in [1.807, 2.05) is 54.3 Å². The summed E-state index contributed by atoms with van der Waals surface area (Å²) in [5.74, 6) is 0.122. The zero-order valence-corrected chi connectivity index (χ0v) is 15.5. The van der Waals surface area contributed by atoms with Crippen molar-refractivity contribution in [2.45, 2.75) is 32.3 Å². The number of nitrogens with zero attached hydrogens (tertiary/aromatic N) is 1. The normalized spacial score (nSPS) is 16.9. The van der Waals surface area contributed by atoms with Crippen LogP contribution in [0, 0.1) is 0 Å². The Balaban J connectivity index is 1.44. The molecule has 0 aromatic heterocycles. The van der Waals surface area contributed by atoms with Gasteiger partial charge in [-0.2, -0.15) is 0 Å². The Bertz CT molecular complexity index is 852. The summed E-state index contributed by atoms with van der Waals surface area (Å²) >= 11 is 0. The standard InChI is InChI=1S/C22H24N2O3/c1-2-27-19-9-11-24(12-10-19)22(26)16-5-3-15(4-6-16)17-7-8-20-18(13-17)14-21(25)23-20/h3-8,13,19H,2,9-12,14H2,1H3,(H,23,25). The number of ether oxygens (including phenoxy) is 1. The van der Waals surface area contributed by atoms with Crippen LogP contribution in [0.25, 0.3) is 11.1 Å². The topological polar surface area (TPSA) is 58.6 Å². The maximum absolute atomic E-state index is 12.7. The van der Waals surface area contributed by atoms with Crippen LogP contribution in [0.2, 0.25) is 0 Å². The Hall–Kier alpha value is -2.66. The summed E-state index contributed by atoms with van der Waals surface area (Å²) < 4.78 is 5.66. The molecule has 2 aliphatic rings. The number of piperidine rings is 1. The van der Waals surface area contributed by atoms with Crippen LogP contribution < -0.4 is 5.32 Å². The highest BCUT2D eigenvalue weighted by molar-refractivity contribution is 6.00. The van der Waals surface area contributed by atoms with E-state index in [1.54, 1.807) is 0 Å². The lowest BCUT2D eigenvalue weighted by atomic mass is 10.00. The summed E-state index contributed by atoms with van der Waals surface area (Å²) in [4.78, 5) is 26.2. The summed E-state index contributed by atoms with van der Waals surface area (Å²) in [6.45, 7) is 4.23. The van der Waals surface area contributed by atoms with Gasteiger partial charge in [0.05, 0.1) is 12.5 Å². The van der Waals surface area contributed by atoms with Crippen molar-refractivity contribution in [1.29, 1.82) is 0 Å². The Labute approximate surface area is 159 Å². The molecule has 1 saturated heterocycles. The number of anilines is 1. The van der Waals surface area contributed by atoms with Gasteiger partial charge in [0.1, 0.15) is 0 Å². The van der Waals surface area contributed by atoms with Crippen molar-refractivity contribution in [1.82, 2.24) is 4.90 Å². The number of fused-ring (bicyclic) bond motifs is 1. The fourth-order valence-electron chi connectivity index (χ4n) is 3.86. The maximum atomic E-state index is 12.7. The predicted octanol–water partition coefficient (Wildman–Crippen LogP) is 3.49. The molecule has 2 heterocycles. The first-order chi connectivity index (χ1) is 13.1. The van der Waals surface area contributed by atoms with Crippen molar-refractivity contribution in [3.05, 3.63) is 53.6 Å². The van der Waals surface area contributed by atoms with Gasteiger partial charge < -0.3 is 15.0 Å². The molecule has 0 saturated carbocycles. The molecule has 2 aliphatic heterocycles. The number of amides is 2. The Morgan fingerprint density at radius 2 is 1.81 bits per heavy atom. The van der Waals surface area contributed by atoms with E-state index in [-0.39, 0.29) is 17.9 Å². The van der Waals surface area contributed by atoms with E-state index < -0.39 is 0 Å². The van der Waals surface area contributed by atoms with Gasteiger partial charge in [-0.1, -0.05) is 18.2 Å². The molecule has 5 heteroatoms. The number of nitrogens with one attached hydrogen (secondary N) is 1. The zero-order chi connectivity index (χ0) is 18.8. The van der Waals surface area contributed by atoms with Crippen molar-refractivity contribution in [2.75, 3.05) is 25.0 Å². The lowest BCUT2D eigenvalue weighted by Crippen LogP contribution is -2.40. The molecular formula is C22H24N2O3. The monoisotopic (exact) mass is 364 g/mol. The van der Waals surface area contributed by atoms with Crippen LogP contribution in [0.5, 0.6) is 0 Å². The summed E-state index contributed by atoms with van der Waals surface area (Å²) in [6, 6.07) is 13.7. The van der Waals surface area contributed by atoms with Crippen LogP contribution in [-0.4, -0.2) is 42.5 Å². The van der Waals surface area contributed by atoms with Gasteiger partial charge in [0.2, 0.25) is 5.91 Å². The summed E-state index contributed by atoms with van der Waals surface area (Å²) in [6.07, 6.45) is 2.51. The van der Waals surface area contributed by atoms with Crippen molar-refractivity contribution in [2.24, 2.45) is 0 Å². The number of carbonyl (C=O) groups excluding carboxylic acids is 2. The van der Waals surface area contributed by atoms with E-state index in [1.165, 1.54) is 0 Å². The van der Waals surface area contributed by atoms with Gasteiger partial charge >= 0.3 is 0 Å². The highest BCUT2D eigenvalue weighted by Gasteiger charge is 2.24. The molecule has 0 bridgehead atoms. The number of hydrogen-bond donors (Lipinski definition) is 1. The molecule has 5 nitrogen and oxygen atoms in total. The molecule has 27 heavy (non-hydrogen) atoms. The van der Waals surface area contributed by atoms with Gasteiger partial charge in [0.15, 0.2) is 0 Å². The average molecular weight is 364 g/mol. The third-order valence-electron chi connectivity index (χ3n) is 5.33. The number of carbonyl (C=O) groups is 2. The quantitative estimate of drug-likeness (QED) is 0.903. The van der Waals surface area contributed by atoms with Gasteiger partial charge in [0, 0.05) is 30.9 Å². The van der Waals surface area contributed by atoms with E-state index in [0.717, 1.165) is 54.9 Å². The van der Waals surface area contributed by atoms with E-state index in [2.05, 4.69) is 5.32 Å². The molecule has 0 spiro atoms. The third-order valence-corrected chi connectivity index (χ3v) is 5.33. The Kier molecular flexibility index (Phi) is 4.94. The van der Waals surface area contributed by atoms with Crippen molar-refractivity contribution < 1.29 is 14.3 Å². The van der Waals surface area contributed by atoms with E-state index in [0.29, 0.717) is 12.0 Å². The molecule has 2 aromatic carbocycles. The molecule has 0 aliphatic carbocycles. The SMILES string of the molecule is CCOC1CCN(C(=O)c2ccc(-c3ccc4c(c3)CC(=O)N4)cc2)CC1. The maximum Gasteiger partial charge on any atom is 0.253 e. The first-order valence-electron chi connectivity index (χ1n) is 9.58. The fraction of sp³-hybridized carbons (Fsp3) is 0.364. The van der Waals surface area contributed by atoms with Gasteiger partial charge in [-0.05, 0) is 60.7 Å². The number of benzene rings is 2. The molecule has 4 rings (SSSR count). The molecule has 0 atom stereocenters. The largest absolute Gasteiger partial charge is 0.378 e. The predicted molar refractivity (Wildman–Crippen MR) is 105 cm³/mol. The Morgan fingerprint density at radius 3 is 2.52 bits per heavy atom. The fourth-order valence-corrected chi connectivity index (χ4v) is 3.86. The second-order valence-electron chi connectivity index (χ2n) is 7.12. The van der Waals surface area contributed by atoms with Crippen LogP contribution in [-0.2, 0) is 16.0 Å². The lowest BCUT2D eigenvalue weighted by Gasteiger charge is -2.31. The minimum Gasteiger partial charge on any atom is -0.378 e. The molecular weight excluding hydrogens is 340 g/mol. The number of likely N-dealkylation sites (tertiary alicyclic amines) is 1. The lowest BCUT2D eigenvalue weighted by molar-refractivity contribution is -0.115.